The first-order valence-corrected chi connectivity index (χ1v) is 12.1. The molecule has 0 saturated carbocycles. The highest BCUT2D eigenvalue weighted by Gasteiger charge is 2.49. The molecule has 0 unspecified atom stereocenters. The maximum Gasteiger partial charge on any atom is 0.252 e. The number of hydrogen-bond donors (Lipinski definition) is 0. The van der Waals surface area contributed by atoms with E-state index in [9.17, 15) is 13.2 Å². The molecule has 2 aliphatic heterocycles. The number of amides is 1. The highest BCUT2D eigenvalue weighted by atomic mass is 35.5. The fourth-order valence-electron chi connectivity index (χ4n) is 3.44. The van der Waals surface area contributed by atoms with Crippen LogP contribution in [0.15, 0.2) is 53.5 Å². The summed E-state index contributed by atoms with van der Waals surface area (Å²) in [5, 5.41) is 1.31. The molecule has 2 fully saturated rings. The summed E-state index contributed by atoms with van der Waals surface area (Å²) in [6.45, 7) is 0. The summed E-state index contributed by atoms with van der Waals surface area (Å²) in [5.41, 5.74) is 1.36. The molecule has 9 heteroatoms. The topological polar surface area (TPSA) is 66.8 Å². The molecule has 2 heterocycles. The van der Waals surface area contributed by atoms with Gasteiger partial charge in [0.05, 0.1) is 34.7 Å². The molecule has 0 aliphatic carbocycles. The second-order valence-corrected chi connectivity index (χ2v) is 10.9. The van der Waals surface area contributed by atoms with E-state index in [4.69, 9.17) is 23.2 Å². The summed E-state index contributed by atoms with van der Waals surface area (Å²) in [5.74, 6) is -0.246. The van der Waals surface area contributed by atoms with Crippen LogP contribution in [0.4, 0.5) is 5.69 Å². The number of para-hydroxylation sites is 1. The standard InChI is InChI=1S/C19H16Cl2N2O3S2/c20-13-6-2-1-5-12(13)9-18(24)22-19-23(15-8-4-3-7-14(15)21)16-10-28(25,26)11-17(16)27-19/h1-8,16-17H,9-11H2/t16-,17+/m1/s1. The van der Waals surface area contributed by atoms with Crippen molar-refractivity contribution in [3.63, 3.8) is 0 Å². The van der Waals surface area contributed by atoms with Gasteiger partial charge in [0.2, 0.25) is 0 Å². The molecular weight excluding hydrogens is 439 g/mol. The predicted octanol–water partition coefficient (Wildman–Crippen LogP) is 3.84. The summed E-state index contributed by atoms with van der Waals surface area (Å²) in [6.07, 6.45) is 0.0771. The zero-order chi connectivity index (χ0) is 19.9. The molecule has 0 aromatic heterocycles. The van der Waals surface area contributed by atoms with E-state index in [0.717, 1.165) is 0 Å². The lowest BCUT2D eigenvalue weighted by Crippen LogP contribution is -2.38. The third-order valence-corrected chi connectivity index (χ3v) is 8.60. The number of anilines is 1. The van der Waals surface area contributed by atoms with E-state index in [2.05, 4.69) is 4.99 Å². The Labute approximate surface area is 177 Å². The van der Waals surface area contributed by atoms with Crippen LogP contribution >= 0.6 is 35.0 Å². The summed E-state index contributed by atoms with van der Waals surface area (Å²) in [6, 6.07) is 14.0. The number of fused-ring (bicyclic) bond motifs is 1. The maximum absolute atomic E-state index is 12.6. The molecule has 2 aromatic rings. The van der Waals surface area contributed by atoms with E-state index in [1.54, 1.807) is 35.2 Å². The Morgan fingerprint density at radius 3 is 2.46 bits per heavy atom. The van der Waals surface area contributed by atoms with Crippen LogP contribution in [-0.4, -0.2) is 42.3 Å². The lowest BCUT2D eigenvalue weighted by molar-refractivity contribution is -0.117. The lowest BCUT2D eigenvalue weighted by Gasteiger charge is -2.25. The number of rotatable bonds is 3. The Kier molecular flexibility index (Phi) is 5.44. The van der Waals surface area contributed by atoms with Crippen LogP contribution in [0.25, 0.3) is 0 Å². The van der Waals surface area contributed by atoms with Gasteiger partial charge >= 0.3 is 0 Å². The van der Waals surface area contributed by atoms with Crippen LogP contribution in [0.5, 0.6) is 0 Å². The Bertz CT molecular complexity index is 1070. The summed E-state index contributed by atoms with van der Waals surface area (Å²) >= 11 is 13.8. The van der Waals surface area contributed by atoms with Crippen molar-refractivity contribution in [2.45, 2.75) is 17.7 Å². The van der Waals surface area contributed by atoms with Crippen molar-refractivity contribution < 1.29 is 13.2 Å². The van der Waals surface area contributed by atoms with Crippen LogP contribution in [-0.2, 0) is 21.1 Å². The highest BCUT2D eigenvalue weighted by Crippen LogP contribution is 2.43. The quantitative estimate of drug-likeness (QED) is 0.704. The number of carbonyl (C=O) groups is 1. The van der Waals surface area contributed by atoms with Gasteiger partial charge in [0.1, 0.15) is 0 Å². The average molecular weight is 455 g/mol. The SMILES string of the molecule is O=C(Cc1ccccc1Cl)N=C1S[C@H]2CS(=O)(=O)C[C@H]2N1c1ccccc1Cl. The van der Waals surface area contributed by atoms with Crippen LogP contribution in [0.2, 0.25) is 10.0 Å². The molecule has 2 atom stereocenters. The van der Waals surface area contributed by atoms with Crippen LogP contribution in [0.1, 0.15) is 5.56 Å². The van der Waals surface area contributed by atoms with E-state index in [1.165, 1.54) is 11.8 Å². The Morgan fingerprint density at radius 1 is 1.07 bits per heavy atom. The molecule has 2 aromatic carbocycles. The van der Waals surface area contributed by atoms with Crippen molar-refractivity contribution in [1.82, 2.24) is 0 Å². The number of amidine groups is 1. The largest absolute Gasteiger partial charge is 0.314 e. The first-order chi connectivity index (χ1) is 13.3. The summed E-state index contributed by atoms with van der Waals surface area (Å²) < 4.78 is 24.2. The highest BCUT2D eigenvalue weighted by molar-refractivity contribution is 8.16. The molecule has 0 radical (unpaired) electrons. The predicted molar refractivity (Wildman–Crippen MR) is 115 cm³/mol. The van der Waals surface area contributed by atoms with Crippen LogP contribution in [0, 0.1) is 0 Å². The van der Waals surface area contributed by atoms with Gasteiger partial charge in [-0.3, -0.25) is 4.79 Å². The number of nitrogens with zero attached hydrogens (tertiary/aromatic N) is 2. The number of sulfone groups is 1. The number of benzene rings is 2. The van der Waals surface area contributed by atoms with Crippen molar-refractivity contribution in [3.05, 3.63) is 64.1 Å². The van der Waals surface area contributed by atoms with Gasteiger partial charge in [0, 0.05) is 10.3 Å². The van der Waals surface area contributed by atoms with Crippen molar-refractivity contribution >= 4 is 61.6 Å². The summed E-state index contributed by atoms with van der Waals surface area (Å²) in [4.78, 5) is 18.7. The molecule has 2 saturated heterocycles. The van der Waals surface area contributed by atoms with Gasteiger partial charge in [-0.25, -0.2) is 8.42 Å². The van der Waals surface area contributed by atoms with Gasteiger partial charge in [0.15, 0.2) is 15.0 Å². The van der Waals surface area contributed by atoms with Crippen LogP contribution < -0.4 is 4.90 Å². The second kappa shape index (κ2) is 7.71. The van der Waals surface area contributed by atoms with Gasteiger partial charge in [-0.1, -0.05) is 65.3 Å². The third kappa shape index (κ3) is 3.94. The van der Waals surface area contributed by atoms with Gasteiger partial charge in [-0.2, -0.15) is 4.99 Å². The van der Waals surface area contributed by atoms with E-state index in [1.807, 2.05) is 18.2 Å². The molecule has 0 N–H and O–H groups in total. The van der Waals surface area contributed by atoms with Crippen molar-refractivity contribution in [2.24, 2.45) is 4.99 Å². The Morgan fingerprint density at radius 2 is 1.75 bits per heavy atom. The fourth-order valence-corrected chi connectivity index (χ4v) is 7.80. The minimum Gasteiger partial charge on any atom is -0.314 e. The first kappa shape index (κ1) is 19.8. The molecule has 4 rings (SSSR count). The Balaban J connectivity index is 1.67. The van der Waals surface area contributed by atoms with E-state index in [-0.39, 0.29) is 35.1 Å². The zero-order valence-corrected chi connectivity index (χ0v) is 17.7. The normalized spacial score (nSPS) is 24.5. The smallest absolute Gasteiger partial charge is 0.252 e. The Hall–Kier alpha value is -1.54. The minimum atomic E-state index is -3.13. The molecule has 5 nitrogen and oxygen atoms in total. The average Bonchev–Trinajstić information content (AvgIpc) is 3.08. The molecule has 1 amide bonds. The van der Waals surface area contributed by atoms with Crippen molar-refractivity contribution in [2.75, 3.05) is 16.4 Å². The number of thioether (sulfide) groups is 1. The molecule has 2 aliphatic rings. The maximum atomic E-state index is 12.6. The van der Waals surface area contributed by atoms with E-state index < -0.39 is 9.84 Å². The van der Waals surface area contributed by atoms with Gasteiger partial charge < -0.3 is 4.90 Å². The van der Waals surface area contributed by atoms with Crippen molar-refractivity contribution in [3.8, 4) is 0 Å². The molecule has 0 bridgehead atoms. The summed E-state index contributed by atoms with van der Waals surface area (Å²) in [7, 11) is -3.13. The van der Waals surface area contributed by atoms with Gasteiger partial charge in [-0.05, 0) is 23.8 Å². The first-order valence-electron chi connectivity index (χ1n) is 8.60. The number of carbonyl (C=O) groups excluding carboxylic acids is 1. The van der Waals surface area contributed by atoms with Crippen molar-refractivity contribution in [1.29, 1.82) is 0 Å². The van der Waals surface area contributed by atoms with E-state index in [0.29, 0.717) is 26.5 Å². The van der Waals surface area contributed by atoms with Gasteiger partial charge in [0.25, 0.3) is 5.91 Å². The zero-order valence-electron chi connectivity index (χ0n) is 14.6. The number of halogens is 2. The van der Waals surface area contributed by atoms with E-state index >= 15 is 0 Å². The van der Waals surface area contributed by atoms with Crippen LogP contribution in [0.3, 0.4) is 0 Å². The molecule has 0 spiro atoms. The minimum absolute atomic E-state index is 0.0214. The fraction of sp³-hybridized carbons (Fsp3) is 0.263. The third-order valence-electron chi connectivity index (χ3n) is 4.70. The lowest BCUT2D eigenvalue weighted by atomic mass is 10.1. The van der Waals surface area contributed by atoms with Gasteiger partial charge in [-0.15, -0.1) is 0 Å². The number of hydrogen-bond acceptors (Lipinski definition) is 4. The second-order valence-electron chi connectivity index (χ2n) is 6.68. The molecule has 146 valence electrons. The molecule has 28 heavy (non-hydrogen) atoms. The number of aliphatic imine (C=N–C) groups is 1. The molecular formula is C19H16Cl2N2O3S2. The monoisotopic (exact) mass is 454 g/mol.